The van der Waals surface area contributed by atoms with Gasteiger partial charge in [-0.15, -0.1) is 0 Å². The van der Waals surface area contributed by atoms with E-state index < -0.39 is 6.09 Å². The van der Waals surface area contributed by atoms with E-state index >= 15 is 0 Å². The minimum Gasteiger partial charge on any atom is -0.488 e. The summed E-state index contributed by atoms with van der Waals surface area (Å²) in [6.45, 7) is 6.45. The Morgan fingerprint density at radius 3 is 2.56 bits per heavy atom. The number of rotatable bonds is 5. The van der Waals surface area contributed by atoms with Crippen molar-refractivity contribution < 1.29 is 19.5 Å². The Balaban J connectivity index is 2.33. The number of benzene rings is 2. The van der Waals surface area contributed by atoms with Gasteiger partial charge in [0, 0.05) is 9.13 Å². The van der Waals surface area contributed by atoms with Crippen molar-refractivity contribution in [1.82, 2.24) is 0 Å². The van der Waals surface area contributed by atoms with Crippen LogP contribution in [0.25, 0.3) is 0 Å². The summed E-state index contributed by atoms with van der Waals surface area (Å²) in [6.07, 6.45) is 0.0207. The summed E-state index contributed by atoms with van der Waals surface area (Å²) >= 11 is 2.16. The predicted octanol–water partition coefficient (Wildman–Crippen LogP) is 5.01. The van der Waals surface area contributed by atoms with Gasteiger partial charge in [0.2, 0.25) is 0 Å². The maximum atomic E-state index is 11.6. The molecule has 2 aromatic carbocycles. The average Bonchev–Trinajstić information content (AvgIpc) is 2.61. The van der Waals surface area contributed by atoms with E-state index in [4.69, 9.17) is 4.74 Å². The van der Waals surface area contributed by atoms with E-state index in [2.05, 4.69) is 47.2 Å². The molecule has 0 heterocycles. The Hall–Kier alpha value is -1.80. The highest BCUT2D eigenvalue weighted by Gasteiger charge is 2.19. The number of hydrogen-bond acceptors (Lipinski definition) is 4. The molecule has 2 aromatic rings. The van der Waals surface area contributed by atoms with Gasteiger partial charge >= 0.3 is 6.09 Å². The number of ether oxygens (including phenoxy) is 2. The molecule has 0 aromatic heterocycles. The normalized spacial score (nSPS) is 10.5. The molecule has 0 fully saturated rings. The number of aryl methyl sites for hydroxylation is 3. The third kappa shape index (κ3) is 4.43. The second-order valence-electron chi connectivity index (χ2n) is 5.71. The zero-order chi connectivity index (χ0) is 18.6. The van der Waals surface area contributed by atoms with Crippen molar-refractivity contribution in [3.8, 4) is 5.75 Å². The first-order valence-electron chi connectivity index (χ1n) is 7.96. The first-order valence-corrected chi connectivity index (χ1v) is 9.04. The van der Waals surface area contributed by atoms with Gasteiger partial charge in [-0.2, -0.15) is 5.06 Å². The number of methoxy groups -OCH3 is 1. The number of carbonyl (C=O) groups excluding carboxylic acids is 1. The third-order valence-electron chi connectivity index (χ3n) is 4.10. The number of amides is 1. The van der Waals surface area contributed by atoms with Crippen molar-refractivity contribution >= 4 is 34.4 Å². The molecule has 5 nitrogen and oxygen atoms in total. The fourth-order valence-electron chi connectivity index (χ4n) is 2.48. The lowest BCUT2D eigenvalue weighted by Gasteiger charge is -2.19. The van der Waals surface area contributed by atoms with Crippen LogP contribution >= 0.6 is 22.6 Å². The molecular weight excluding hydrogens is 433 g/mol. The highest BCUT2D eigenvalue weighted by Crippen LogP contribution is 2.29. The van der Waals surface area contributed by atoms with Gasteiger partial charge in [-0.1, -0.05) is 19.1 Å². The molecule has 0 bridgehead atoms. The molecular formula is C19H22INO4. The van der Waals surface area contributed by atoms with Crippen LogP contribution in [0, 0.1) is 17.4 Å². The maximum Gasteiger partial charge on any atom is 0.438 e. The van der Waals surface area contributed by atoms with E-state index in [0.717, 1.165) is 32.4 Å². The van der Waals surface area contributed by atoms with Crippen LogP contribution in [0.2, 0.25) is 0 Å². The van der Waals surface area contributed by atoms with E-state index in [1.54, 1.807) is 12.1 Å². The second-order valence-corrected chi connectivity index (χ2v) is 6.87. The lowest BCUT2D eigenvalue weighted by atomic mass is 10.0. The molecule has 25 heavy (non-hydrogen) atoms. The molecule has 1 N–H and O–H groups in total. The van der Waals surface area contributed by atoms with Gasteiger partial charge in [0.15, 0.2) is 0 Å². The van der Waals surface area contributed by atoms with Crippen molar-refractivity contribution in [2.75, 3.05) is 12.2 Å². The smallest absolute Gasteiger partial charge is 0.438 e. The van der Waals surface area contributed by atoms with Crippen LogP contribution in [0.1, 0.15) is 29.2 Å². The van der Waals surface area contributed by atoms with E-state index in [1.165, 1.54) is 12.7 Å². The van der Waals surface area contributed by atoms with Gasteiger partial charge in [0.05, 0.1) is 12.8 Å². The standard InChI is InChI=1S/C19H22INO4/c1-5-14-9-12(2)13(3)10-18(14)25-11-15-16(20)7-6-8-17(15)21(23)19(22)24-4/h6-10,23H,5,11H2,1-4H3. The average molecular weight is 455 g/mol. The van der Waals surface area contributed by atoms with Crippen LogP contribution in [0.15, 0.2) is 30.3 Å². The third-order valence-corrected chi connectivity index (χ3v) is 5.11. The van der Waals surface area contributed by atoms with Crippen LogP contribution in [-0.2, 0) is 17.8 Å². The van der Waals surface area contributed by atoms with Crippen LogP contribution < -0.4 is 9.80 Å². The van der Waals surface area contributed by atoms with Crippen molar-refractivity contribution in [2.24, 2.45) is 0 Å². The summed E-state index contributed by atoms with van der Waals surface area (Å²) in [4.78, 5) is 11.6. The molecule has 0 spiro atoms. The summed E-state index contributed by atoms with van der Waals surface area (Å²) < 4.78 is 11.5. The number of nitrogens with zero attached hydrogens (tertiary/aromatic N) is 1. The number of hydrogen-bond donors (Lipinski definition) is 1. The number of halogens is 1. The Morgan fingerprint density at radius 2 is 1.92 bits per heavy atom. The first kappa shape index (κ1) is 19.5. The van der Waals surface area contributed by atoms with Gasteiger partial charge in [-0.25, -0.2) is 4.79 Å². The zero-order valence-corrected chi connectivity index (χ0v) is 17.0. The topological polar surface area (TPSA) is 59.0 Å². The number of anilines is 1. The first-order chi connectivity index (χ1) is 11.9. The molecule has 0 saturated heterocycles. The Kier molecular flexibility index (Phi) is 6.66. The van der Waals surface area contributed by atoms with Crippen LogP contribution in [0.4, 0.5) is 10.5 Å². The number of carbonyl (C=O) groups is 1. The number of hydroxylamine groups is 1. The van der Waals surface area contributed by atoms with Gasteiger partial charge in [-0.3, -0.25) is 5.21 Å². The minimum atomic E-state index is -0.844. The summed E-state index contributed by atoms with van der Waals surface area (Å²) in [5.41, 5.74) is 4.58. The summed E-state index contributed by atoms with van der Waals surface area (Å²) in [7, 11) is 1.22. The quantitative estimate of drug-likeness (QED) is 0.391. The molecule has 1 amide bonds. The molecule has 0 radical (unpaired) electrons. The van der Waals surface area contributed by atoms with Crippen LogP contribution in [0.5, 0.6) is 5.75 Å². The molecule has 0 unspecified atom stereocenters. The van der Waals surface area contributed by atoms with E-state index in [9.17, 15) is 10.0 Å². The van der Waals surface area contributed by atoms with E-state index in [0.29, 0.717) is 10.8 Å². The molecule has 2 rings (SSSR count). The van der Waals surface area contributed by atoms with Crippen molar-refractivity contribution in [2.45, 2.75) is 33.8 Å². The molecule has 0 aliphatic heterocycles. The molecule has 6 heteroatoms. The zero-order valence-electron chi connectivity index (χ0n) is 14.8. The van der Waals surface area contributed by atoms with Gasteiger partial charge in [0.25, 0.3) is 0 Å². The van der Waals surface area contributed by atoms with E-state index in [1.807, 2.05) is 19.1 Å². The minimum absolute atomic E-state index is 0.234. The van der Waals surface area contributed by atoms with Gasteiger partial charge in [-0.05, 0) is 77.7 Å². The maximum absolute atomic E-state index is 11.6. The van der Waals surface area contributed by atoms with Crippen LogP contribution in [0.3, 0.4) is 0 Å². The molecule has 0 saturated carbocycles. The predicted molar refractivity (Wildman–Crippen MR) is 105 cm³/mol. The molecule has 0 atom stereocenters. The Labute approximate surface area is 161 Å². The SMILES string of the molecule is CCc1cc(C)c(C)cc1OCc1c(I)cccc1N(O)C(=O)OC. The second kappa shape index (κ2) is 8.53. The monoisotopic (exact) mass is 455 g/mol. The summed E-state index contributed by atoms with van der Waals surface area (Å²) in [5.74, 6) is 0.818. The Bertz CT molecular complexity index is 776. The van der Waals surface area contributed by atoms with E-state index in [-0.39, 0.29) is 6.61 Å². The summed E-state index contributed by atoms with van der Waals surface area (Å²) in [5, 5.41) is 10.6. The lowest BCUT2D eigenvalue weighted by Crippen LogP contribution is -2.28. The highest BCUT2D eigenvalue weighted by molar-refractivity contribution is 14.1. The largest absolute Gasteiger partial charge is 0.488 e. The van der Waals surface area contributed by atoms with Crippen molar-refractivity contribution in [3.63, 3.8) is 0 Å². The van der Waals surface area contributed by atoms with Crippen LogP contribution in [-0.4, -0.2) is 18.4 Å². The lowest BCUT2D eigenvalue weighted by molar-refractivity contribution is 0.140. The molecule has 0 aliphatic rings. The van der Waals surface area contributed by atoms with Gasteiger partial charge in [0.1, 0.15) is 12.4 Å². The Morgan fingerprint density at radius 1 is 1.24 bits per heavy atom. The highest BCUT2D eigenvalue weighted by atomic mass is 127. The fraction of sp³-hybridized carbons (Fsp3) is 0.316. The van der Waals surface area contributed by atoms with Gasteiger partial charge < -0.3 is 9.47 Å². The summed E-state index contributed by atoms with van der Waals surface area (Å²) in [6, 6.07) is 9.48. The molecule has 0 aliphatic carbocycles. The fourth-order valence-corrected chi connectivity index (χ4v) is 3.12. The van der Waals surface area contributed by atoms with Crippen molar-refractivity contribution in [3.05, 3.63) is 56.2 Å². The van der Waals surface area contributed by atoms with Crippen molar-refractivity contribution in [1.29, 1.82) is 0 Å². The molecule has 134 valence electrons.